The molecule has 0 aliphatic heterocycles. The third kappa shape index (κ3) is 8.31. The Hall–Kier alpha value is -0.300. The molecule has 88 valence electrons. The molecule has 1 aromatic rings. The second-order valence-corrected chi connectivity index (χ2v) is 3.30. The molecule has 0 radical (unpaired) electrons. The molecule has 0 saturated carbocycles. The summed E-state index contributed by atoms with van der Waals surface area (Å²) in [6, 6.07) is 5.98. The molecule has 0 nitrogen and oxygen atoms in total. The van der Waals surface area contributed by atoms with Crippen LogP contribution in [-0.2, 0) is 0 Å². The lowest BCUT2D eigenvalue weighted by molar-refractivity contribution is 1.11. The van der Waals surface area contributed by atoms with Gasteiger partial charge in [0.1, 0.15) is 0 Å². The third-order valence-electron chi connectivity index (χ3n) is 1.14. The molecule has 0 spiro atoms. The topological polar surface area (TPSA) is 0 Å². The third-order valence-corrected chi connectivity index (χ3v) is 2.31. The van der Waals surface area contributed by atoms with Crippen molar-refractivity contribution in [3.05, 3.63) is 28.2 Å². The Labute approximate surface area is 92.5 Å². The number of hydrogen-bond donors (Lipinski definition) is 1. The van der Waals surface area contributed by atoms with Crippen LogP contribution in [-0.4, -0.2) is 0 Å². The van der Waals surface area contributed by atoms with Gasteiger partial charge in [-0.05, 0) is 30.7 Å². The molecule has 0 aliphatic carbocycles. The summed E-state index contributed by atoms with van der Waals surface area (Å²) in [6.07, 6.45) is 0. The van der Waals surface area contributed by atoms with Gasteiger partial charge in [-0.25, -0.2) is 0 Å². The van der Waals surface area contributed by atoms with E-state index < -0.39 is 0 Å². The first kappa shape index (κ1) is 29.2. The summed E-state index contributed by atoms with van der Waals surface area (Å²) >= 11 is 7.58. The molecule has 0 saturated heterocycles. The van der Waals surface area contributed by atoms with Crippen molar-refractivity contribution in [2.45, 2.75) is 11.8 Å². The van der Waals surface area contributed by atoms with Gasteiger partial charge in [0, 0.05) is 9.37 Å². The van der Waals surface area contributed by atoms with E-state index in [9.17, 15) is 0 Å². The lowest BCUT2D eigenvalue weighted by Crippen LogP contribution is -1.73. The maximum Gasteiger partial charge on any atom is 0.0205 e. The highest BCUT2D eigenvalue weighted by Gasteiger charge is 1.91. The molecule has 1 aromatic carbocycles. The zero-order chi connectivity index (χ0) is 6.85. The Bertz CT molecular complexity index is 233. The van der Waals surface area contributed by atoms with Crippen LogP contribution in [0, 0.1) is 6.92 Å². The van der Waals surface area contributed by atoms with Crippen LogP contribution in [0.5, 0.6) is 0 Å². The number of aryl methyl sites for hydroxylation is 1. The molecular weight excluding hydrogens is 291 g/mol. The first-order valence-electron chi connectivity index (χ1n) is 2.65. The fourth-order valence-electron chi connectivity index (χ4n) is 0.629. The van der Waals surface area contributed by atoms with Crippen LogP contribution in [0.2, 0.25) is 0 Å². The molecule has 0 unspecified atom stereocenters. The van der Waals surface area contributed by atoms with Gasteiger partial charge in [-0.15, -0.1) is 12.6 Å². The van der Waals surface area contributed by atoms with E-state index in [1.807, 2.05) is 25.1 Å². The van der Waals surface area contributed by atoms with Gasteiger partial charge in [0.2, 0.25) is 0 Å². The number of halogens is 6. The Kier molecular flexibility index (Phi) is 26.5. The monoisotopic (exact) mass is 302 g/mol. The highest BCUT2D eigenvalue weighted by molar-refractivity contribution is 9.10. The molecule has 0 amide bonds. The van der Waals surface area contributed by atoms with Crippen molar-refractivity contribution in [3.8, 4) is 0 Å². The number of rotatable bonds is 0. The maximum atomic E-state index is 4.18. The molecule has 7 heteroatoms. The van der Waals surface area contributed by atoms with Crippen molar-refractivity contribution in [1.82, 2.24) is 0 Å². The maximum absolute atomic E-state index is 4.18. The second kappa shape index (κ2) is 12.7. The van der Waals surface area contributed by atoms with Crippen molar-refractivity contribution in [3.63, 3.8) is 0 Å². The summed E-state index contributed by atoms with van der Waals surface area (Å²) in [6.45, 7) is 2.05. The van der Waals surface area contributed by atoms with E-state index in [2.05, 4.69) is 28.6 Å². The van der Waals surface area contributed by atoms with Crippen molar-refractivity contribution in [2.75, 3.05) is 0 Å². The molecule has 0 atom stereocenters. The quantitative estimate of drug-likeness (QED) is 0.547. The van der Waals surface area contributed by atoms with E-state index in [1.54, 1.807) is 0 Å². The van der Waals surface area contributed by atoms with E-state index in [0.717, 1.165) is 9.37 Å². The van der Waals surface area contributed by atoms with Crippen LogP contribution in [0.25, 0.3) is 0 Å². The molecule has 0 aromatic heterocycles. The van der Waals surface area contributed by atoms with Gasteiger partial charge in [0.15, 0.2) is 0 Å². The molecule has 0 fully saturated rings. The molecule has 0 heterocycles. The molecular formula is C7H12BrF5S. The average molecular weight is 303 g/mol. The van der Waals surface area contributed by atoms with Gasteiger partial charge in [-0.3, -0.25) is 23.5 Å². The van der Waals surface area contributed by atoms with E-state index in [4.69, 9.17) is 0 Å². The van der Waals surface area contributed by atoms with Gasteiger partial charge in [0.05, 0.1) is 0 Å². The zero-order valence-corrected chi connectivity index (χ0v) is 9.58. The predicted molar refractivity (Wildman–Crippen MR) is 58.6 cm³/mol. The Morgan fingerprint density at radius 3 is 1.71 bits per heavy atom. The highest BCUT2D eigenvalue weighted by atomic mass is 79.9. The Morgan fingerprint density at radius 2 is 1.43 bits per heavy atom. The van der Waals surface area contributed by atoms with E-state index >= 15 is 0 Å². The Balaban J connectivity index is -0.0000000540. The van der Waals surface area contributed by atoms with Crippen LogP contribution < -0.4 is 0 Å². The van der Waals surface area contributed by atoms with Crippen molar-refractivity contribution in [2.24, 2.45) is 0 Å². The lowest BCUT2D eigenvalue weighted by Gasteiger charge is -1.96. The number of hydrogen-bond acceptors (Lipinski definition) is 1. The minimum atomic E-state index is 0. The van der Waals surface area contributed by atoms with Crippen LogP contribution >= 0.6 is 28.6 Å². The second-order valence-electron chi connectivity index (χ2n) is 1.93. The highest BCUT2D eigenvalue weighted by Crippen LogP contribution is 2.18. The summed E-state index contributed by atoms with van der Waals surface area (Å²) in [5.74, 6) is 0. The van der Waals surface area contributed by atoms with Crippen LogP contribution in [0.4, 0.5) is 23.5 Å². The molecule has 1 rings (SSSR count). The summed E-state index contributed by atoms with van der Waals surface area (Å²) in [7, 11) is 0. The van der Waals surface area contributed by atoms with Gasteiger partial charge < -0.3 is 0 Å². The fourth-order valence-corrected chi connectivity index (χ4v) is 1.14. The molecule has 0 aliphatic rings. The number of benzene rings is 1. The first-order chi connectivity index (χ1) is 4.20. The standard InChI is InChI=1S/C7H7BrS.5FH/c1-5-4-6(9)2-3-7(5)8;;;;;/h2-4,9H,1H3;5*1H. The minimum absolute atomic E-state index is 0. The van der Waals surface area contributed by atoms with Crippen LogP contribution in [0.3, 0.4) is 0 Å². The van der Waals surface area contributed by atoms with Crippen LogP contribution in [0.1, 0.15) is 5.56 Å². The fraction of sp³-hybridized carbons (Fsp3) is 0.143. The van der Waals surface area contributed by atoms with Gasteiger partial charge >= 0.3 is 0 Å². The lowest BCUT2D eigenvalue weighted by atomic mass is 10.2. The minimum Gasteiger partial charge on any atom is -0.269 e. The zero-order valence-electron chi connectivity index (χ0n) is 7.10. The van der Waals surface area contributed by atoms with E-state index in [-0.39, 0.29) is 23.5 Å². The first-order valence-corrected chi connectivity index (χ1v) is 3.89. The van der Waals surface area contributed by atoms with E-state index in [0.29, 0.717) is 0 Å². The predicted octanol–water partition coefficient (Wildman–Crippen LogP) is 3.81. The van der Waals surface area contributed by atoms with Crippen molar-refractivity contribution < 1.29 is 23.5 Å². The summed E-state index contributed by atoms with van der Waals surface area (Å²) in [4.78, 5) is 1.01. The largest absolute Gasteiger partial charge is 0.269 e. The van der Waals surface area contributed by atoms with Gasteiger partial charge in [-0.1, -0.05) is 15.9 Å². The summed E-state index contributed by atoms with van der Waals surface area (Å²) < 4.78 is 1.14. The summed E-state index contributed by atoms with van der Waals surface area (Å²) in [5.41, 5.74) is 1.22. The van der Waals surface area contributed by atoms with Gasteiger partial charge in [0.25, 0.3) is 0 Å². The van der Waals surface area contributed by atoms with E-state index in [1.165, 1.54) is 5.56 Å². The SMILES string of the molecule is Cc1cc(S)ccc1Br.F.F.F.F.F. The molecule has 14 heavy (non-hydrogen) atoms. The van der Waals surface area contributed by atoms with Gasteiger partial charge in [-0.2, -0.15) is 0 Å². The van der Waals surface area contributed by atoms with Crippen LogP contribution in [0.15, 0.2) is 27.6 Å². The summed E-state index contributed by atoms with van der Waals surface area (Å²) in [5, 5.41) is 0. The normalized spacial score (nSPS) is 6.21. The number of thiol groups is 1. The molecule has 0 bridgehead atoms. The van der Waals surface area contributed by atoms with Crippen molar-refractivity contribution in [1.29, 1.82) is 0 Å². The smallest absolute Gasteiger partial charge is 0.0205 e. The molecule has 0 N–H and O–H groups in total. The van der Waals surface area contributed by atoms with Crippen molar-refractivity contribution >= 4 is 28.6 Å². The average Bonchev–Trinajstić information content (AvgIpc) is 1.80. The Morgan fingerprint density at radius 1 is 1.00 bits per heavy atom.